The van der Waals surface area contributed by atoms with Crippen LogP contribution in [0.15, 0.2) is 71.9 Å². The Hall–Kier alpha value is -4.05. The van der Waals surface area contributed by atoms with Crippen LogP contribution in [0.25, 0.3) is 5.82 Å². The highest BCUT2D eigenvalue weighted by atomic mass is 32.2. The van der Waals surface area contributed by atoms with Gasteiger partial charge in [0.1, 0.15) is 16.7 Å². The van der Waals surface area contributed by atoms with Crippen molar-refractivity contribution in [3.63, 3.8) is 0 Å². The Balaban J connectivity index is 1.08. The second-order valence-corrected chi connectivity index (χ2v) is 16.9. The van der Waals surface area contributed by atoms with E-state index in [4.69, 9.17) is 19.8 Å². The zero-order valence-corrected chi connectivity index (χ0v) is 30.1. The predicted octanol–water partition coefficient (Wildman–Crippen LogP) is 7.71. The molecule has 5 heterocycles. The number of nitrogens with one attached hydrogen (secondary N) is 2. The van der Waals surface area contributed by atoms with Gasteiger partial charge in [0.05, 0.1) is 12.2 Å². The van der Waals surface area contributed by atoms with Crippen LogP contribution in [0.3, 0.4) is 0 Å². The average Bonchev–Trinajstić information content (AvgIpc) is 4.07. The minimum Gasteiger partial charge on any atom is -0.477 e. The van der Waals surface area contributed by atoms with E-state index in [9.17, 15) is 4.79 Å². The maximum Gasteiger partial charge on any atom is 0.265 e. The molecule has 1 saturated heterocycles. The fourth-order valence-electron chi connectivity index (χ4n) is 9.63. The number of amides is 1. The van der Waals surface area contributed by atoms with Gasteiger partial charge in [0.15, 0.2) is 5.82 Å². The first-order valence-electron chi connectivity index (χ1n) is 18.5. The average molecular weight is 690 g/mol. The van der Waals surface area contributed by atoms with Crippen LogP contribution in [-0.2, 0) is 6.42 Å². The number of anilines is 2. The number of rotatable bonds is 7. The molecule has 3 aromatic heterocycles. The summed E-state index contributed by atoms with van der Waals surface area (Å²) in [6, 6.07) is 20.2. The van der Waals surface area contributed by atoms with Gasteiger partial charge in [0.25, 0.3) is 5.91 Å². The first kappa shape index (κ1) is 31.9. The number of hydrogen-bond donors (Lipinski definition) is 2. The lowest BCUT2D eigenvalue weighted by Gasteiger charge is -2.34. The Labute approximate surface area is 299 Å². The van der Waals surface area contributed by atoms with Crippen LogP contribution < -0.4 is 19.7 Å². The van der Waals surface area contributed by atoms with Gasteiger partial charge in [-0.25, -0.2) is 14.6 Å². The summed E-state index contributed by atoms with van der Waals surface area (Å²) < 4.78 is 11.2. The van der Waals surface area contributed by atoms with Crippen molar-refractivity contribution in [3.05, 3.63) is 83.6 Å². The Kier molecular flexibility index (Phi) is 7.68. The molecule has 9 nitrogen and oxygen atoms in total. The van der Waals surface area contributed by atoms with E-state index in [0.717, 1.165) is 66.1 Å². The Morgan fingerprint density at radius 1 is 0.980 bits per heavy atom. The molecule has 260 valence electrons. The number of benzene rings is 1. The summed E-state index contributed by atoms with van der Waals surface area (Å²) in [6.07, 6.45) is 11.4. The summed E-state index contributed by atoms with van der Waals surface area (Å²) in [4.78, 5) is 26.8. The molecule has 2 spiro atoms. The van der Waals surface area contributed by atoms with Gasteiger partial charge in [-0.1, -0.05) is 43.3 Å². The second-order valence-electron chi connectivity index (χ2n) is 16.1. The molecule has 2 atom stereocenters. The lowest BCUT2D eigenvalue weighted by atomic mass is 9.86. The van der Waals surface area contributed by atoms with E-state index in [1.54, 1.807) is 0 Å². The van der Waals surface area contributed by atoms with E-state index < -0.39 is 0 Å². The minimum absolute atomic E-state index is 0.188. The van der Waals surface area contributed by atoms with Crippen LogP contribution in [0.2, 0.25) is 0 Å². The summed E-state index contributed by atoms with van der Waals surface area (Å²) >= 11 is 1.24. The molecule has 4 bridgehead atoms. The number of carbonyl (C=O) groups excluding carboxylic acids is 1. The largest absolute Gasteiger partial charge is 0.477 e. The zero-order chi connectivity index (χ0) is 34.1. The molecular formula is C40H47N7O2S. The molecule has 50 heavy (non-hydrogen) atoms. The van der Waals surface area contributed by atoms with Crippen molar-refractivity contribution in [3.8, 4) is 11.7 Å². The molecule has 2 N–H and O–H groups in total. The van der Waals surface area contributed by atoms with E-state index in [1.165, 1.54) is 37.6 Å². The van der Waals surface area contributed by atoms with E-state index in [2.05, 4.69) is 60.0 Å². The number of fused-ring (bicyclic) bond motifs is 7. The third-order valence-electron chi connectivity index (χ3n) is 12.6. The van der Waals surface area contributed by atoms with Crippen molar-refractivity contribution in [2.75, 3.05) is 29.9 Å². The fraction of sp³-hybridized carbons (Fsp3) is 0.500. The van der Waals surface area contributed by atoms with E-state index in [-0.39, 0.29) is 11.4 Å². The topological polar surface area (TPSA) is 97.2 Å². The molecule has 2 unspecified atom stereocenters. The molecule has 3 saturated carbocycles. The Bertz CT molecular complexity index is 1900. The second kappa shape index (κ2) is 12.0. The monoisotopic (exact) mass is 689 g/mol. The number of carbonyl (C=O) groups is 1. The van der Waals surface area contributed by atoms with Gasteiger partial charge in [-0.15, -0.1) is 5.10 Å². The van der Waals surface area contributed by atoms with Crippen LogP contribution in [0.4, 0.5) is 11.6 Å². The maximum absolute atomic E-state index is 14.2. The third-order valence-corrected chi connectivity index (χ3v) is 13.4. The molecule has 3 aliphatic carbocycles. The molecule has 9 rings (SSSR count). The highest BCUT2D eigenvalue weighted by Gasteiger charge is 2.85. The van der Waals surface area contributed by atoms with Crippen LogP contribution in [0.5, 0.6) is 5.88 Å². The van der Waals surface area contributed by atoms with E-state index >= 15 is 0 Å². The lowest BCUT2D eigenvalue weighted by Crippen LogP contribution is -2.40. The van der Waals surface area contributed by atoms with Gasteiger partial charge in [0, 0.05) is 54.8 Å². The summed E-state index contributed by atoms with van der Waals surface area (Å²) in [6.45, 7) is 9.29. The molecule has 2 aliphatic heterocycles. The summed E-state index contributed by atoms with van der Waals surface area (Å²) in [5.74, 6) is 4.46. The van der Waals surface area contributed by atoms with Crippen LogP contribution >= 0.6 is 11.9 Å². The number of hydrogen-bond acceptors (Lipinski definition) is 8. The van der Waals surface area contributed by atoms with E-state index in [0.29, 0.717) is 53.0 Å². The molecule has 4 fully saturated rings. The normalized spacial score (nSPS) is 24.1. The van der Waals surface area contributed by atoms with Crippen LogP contribution in [0, 0.1) is 28.6 Å². The smallest absolute Gasteiger partial charge is 0.265 e. The number of ether oxygens (including phenoxy) is 1. The van der Waals surface area contributed by atoms with Gasteiger partial charge in [0.2, 0.25) is 5.88 Å². The Morgan fingerprint density at radius 2 is 1.78 bits per heavy atom. The van der Waals surface area contributed by atoms with Gasteiger partial charge in [-0.3, -0.25) is 9.52 Å². The Morgan fingerprint density at radius 3 is 2.56 bits per heavy atom. The highest BCUT2D eigenvalue weighted by molar-refractivity contribution is 7.97. The van der Waals surface area contributed by atoms with Crippen molar-refractivity contribution in [2.24, 2.45) is 28.6 Å². The molecule has 4 aromatic rings. The molecule has 10 heteroatoms. The van der Waals surface area contributed by atoms with Gasteiger partial charge in [-0.05, 0) is 111 Å². The standard InChI is InChI=1S/C40H47N7O2S/c1-26-12-19-41-32-10-7-11-34(42-32)50-45-37(48)30-23-28(22-27-8-5-4-6-9-27)35(43-36(30)46-25-29(26)24-38(46,2)3)47-20-13-33(44-47)49-21-14-31-39(15-16-39)40(31)17-18-40/h4-11,13,20,23,26,29,31H,12,14-19,21-22,24-25H2,1-3H3,(H,41,42)(H,45,48). The number of nitrogens with zero attached hydrogens (tertiary/aromatic N) is 5. The predicted molar refractivity (Wildman–Crippen MR) is 197 cm³/mol. The summed E-state index contributed by atoms with van der Waals surface area (Å²) in [5, 5.41) is 9.16. The SMILES string of the molecule is CC1CCNc2cccc(n2)SNC(=O)c2cc(Cc3ccccc3)c(-n3ccc(OCCC4C5(CC5)C45CC5)n3)nc2N2CC1CC2(C)C. The van der Waals surface area contributed by atoms with E-state index in [1.807, 2.05) is 47.3 Å². The molecule has 1 aromatic carbocycles. The number of aromatic nitrogens is 4. The van der Waals surface area contributed by atoms with Crippen molar-refractivity contribution >= 4 is 29.5 Å². The van der Waals surface area contributed by atoms with Crippen LogP contribution in [-0.4, -0.2) is 50.9 Å². The third kappa shape index (κ3) is 5.63. The summed E-state index contributed by atoms with van der Waals surface area (Å²) in [5.41, 5.74) is 3.81. The molecule has 5 aliphatic rings. The van der Waals surface area contributed by atoms with Crippen molar-refractivity contribution in [1.29, 1.82) is 0 Å². The first-order chi connectivity index (χ1) is 24.2. The zero-order valence-electron chi connectivity index (χ0n) is 29.3. The maximum atomic E-state index is 14.2. The molecule has 0 radical (unpaired) electrons. The minimum atomic E-state index is -0.193. The van der Waals surface area contributed by atoms with Gasteiger partial charge >= 0.3 is 0 Å². The summed E-state index contributed by atoms with van der Waals surface area (Å²) in [7, 11) is 0. The molecule has 1 amide bonds. The number of pyridine rings is 2. The highest BCUT2D eigenvalue weighted by Crippen LogP contribution is 2.93. The van der Waals surface area contributed by atoms with Gasteiger partial charge < -0.3 is 15.0 Å². The first-order valence-corrected chi connectivity index (χ1v) is 19.3. The lowest BCUT2D eigenvalue weighted by molar-refractivity contribution is 0.0984. The molecular weight excluding hydrogens is 643 g/mol. The van der Waals surface area contributed by atoms with Crippen molar-refractivity contribution in [2.45, 2.75) is 82.7 Å². The van der Waals surface area contributed by atoms with Crippen molar-refractivity contribution in [1.82, 2.24) is 24.5 Å². The quantitative estimate of drug-likeness (QED) is 0.191. The van der Waals surface area contributed by atoms with Crippen molar-refractivity contribution < 1.29 is 9.53 Å². The van der Waals surface area contributed by atoms with Crippen LogP contribution in [0.1, 0.15) is 87.2 Å². The van der Waals surface area contributed by atoms with Gasteiger partial charge in [-0.2, -0.15) is 0 Å². The fourth-order valence-corrected chi connectivity index (χ4v) is 10.2.